The Hall–Kier alpha value is -2.68. The lowest BCUT2D eigenvalue weighted by Crippen LogP contribution is -2.39. The minimum absolute atomic E-state index is 0.108. The molecule has 1 N–H and O–H groups in total. The summed E-state index contributed by atoms with van der Waals surface area (Å²) in [6.45, 7) is 3.41. The lowest BCUT2D eigenvalue weighted by atomic mass is 9.90. The summed E-state index contributed by atoms with van der Waals surface area (Å²) in [7, 11) is 0. The van der Waals surface area contributed by atoms with Crippen molar-refractivity contribution in [2.24, 2.45) is 0 Å². The molecule has 1 aromatic carbocycles. The van der Waals surface area contributed by atoms with E-state index in [1.165, 1.54) is 17.0 Å². The third-order valence-corrected chi connectivity index (χ3v) is 5.05. The Balaban J connectivity index is 1.77. The SMILES string of the molecule is CC(C)(CO)c1cc(CC(=O)[C@@H]2CCC(=O)N2c2ccc(C(F)(F)F)cc2)on1. The lowest BCUT2D eigenvalue weighted by molar-refractivity contribution is -0.137. The van der Waals surface area contributed by atoms with Gasteiger partial charge in [-0.25, -0.2) is 0 Å². The van der Waals surface area contributed by atoms with E-state index < -0.39 is 23.2 Å². The van der Waals surface area contributed by atoms with E-state index in [9.17, 15) is 27.9 Å². The number of benzene rings is 1. The Kier molecular flexibility index (Phi) is 5.53. The maximum Gasteiger partial charge on any atom is 0.416 e. The van der Waals surface area contributed by atoms with E-state index in [1.807, 2.05) is 0 Å². The van der Waals surface area contributed by atoms with Crippen LogP contribution in [0, 0.1) is 0 Å². The molecule has 29 heavy (non-hydrogen) atoms. The number of carbonyl (C=O) groups excluding carboxylic acids is 2. The van der Waals surface area contributed by atoms with Gasteiger partial charge in [0.2, 0.25) is 5.91 Å². The zero-order valence-electron chi connectivity index (χ0n) is 16.0. The molecule has 1 aromatic heterocycles. The van der Waals surface area contributed by atoms with Gasteiger partial charge in [0, 0.05) is 23.6 Å². The van der Waals surface area contributed by atoms with Crippen LogP contribution in [0.1, 0.15) is 43.7 Å². The zero-order valence-corrected chi connectivity index (χ0v) is 16.0. The number of aliphatic hydroxyl groups excluding tert-OH is 1. The molecule has 0 aliphatic carbocycles. The van der Waals surface area contributed by atoms with Crippen molar-refractivity contribution in [1.29, 1.82) is 0 Å². The van der Waals surface area contributed by atoms with Crippen molar-refractivity contribution < 1.29 is 32.4 Å². The summed E-state index contributed by atoms with van der Waals surface area (Å²) >= 11 is 0. The molecule has 1 atom stereocenters. The standard InChI is InChI=1S/C20H21F3N2O4/c1-19(2,11-26)17-10-14(29-24-17)9-16(27)15-7-8-18(28)25(15)13-5-3-12(4-6-13)20(21,22)23/h3-6,10,15,26H,7-9,11H2,1-2H3/t15-/m0/s1. The van der Waals surface area contributed by atoms with Gasteiger partial charge in [0.25, 0.3) is 0 Å². The van der Waals surface area contributed by atoms with Crippen LogP contribution in [0.3, 0.4) is 0 Å². The highest BCUT2D eigenvalue weighted by Gasteiger charge is 2.38. The molecule has 1 fully saturated rings. The van der Waals surface area contributed by atoms with Gasteiger partial charge >= 0.3 is 6.18 Å². The van der Waals surface area contributed by atoms with Crippen molar-refractivity contribution in [3.8, 4) is 0 Å². The summed E-state index contributed by atoms with van der Waals surface area (Å²) in [6, 6.07) is 4.99. The average molecular weight is 410 g/mol. The highest BCUT2D eigenvalue weighted by molar-refractivity contribution is 6.04. The second-order valence-corrected chi connectivity index (χ2v) is 7.73. The molecule has 1 aliphatic rings. The second-order valence-electron chi connectivity index (χ2n) is 7.73. The van der Waals surface area contributed by atoms with Gasteiger partial charge in [-0.15, -0.1) is 0 Å². The largest absolute Gasteiger partial charge is 0.416 e. The fraction of sp³-hybridized carbons (Fsp3) is 0.450. The summed E-state index contributed by atoms with van der Waals surface area (Å²) in [5, 5.41) is 13.3. The van der Waals surface area contributed by atoms with Gasteiger partial charge in [0.1, 0.15) is 5.76 Å². The van der Waals surface area contributed by atoms with Crippen LogP contribution in [0.5, 0.6) is 0 Å². The molecule has 0 bridgehead atoms. The number of aliphatic hydroxyl groups is 1. The van der Waals surface area contributed by atoms with Crippen LogP contribution in [-0.2, 0) is 27.6 Å². The maximum atomic E-state index is 12.8. The zero-order chi connectivity index (χ0) is 21.4. The summed E-state index contributed by atoms with van der Waals surface area (Å²) in [6.07, 6.45) is -4.17. The Labute approximate surface area is 165 Å². The number of rotatable bonds is 6. The average Bonchev–Trinajstić information content (AvgIpc) is 3.28. The lowest BCUT2D eigenvalue weighted by Gasteiger charge is -2.24. The molecule has 0 radical (unpaired) electrons. The molecule has 0 spiro atoms. The highest BCUT2D eigenvalue weighted by atomic mass is 19.4. The number of amides is 1. The summed E-state index contributed by atoms with van der Waals surface area (Å²) < 4.78 is 43.5. The monoisotopic (exact) mass is 410 g/mol. The molecular formula is C20H21F3N2O4. The molecule has 1 saturated heterocycles. The van der Waals surface area contributed by atoms with Crippen molar-refractivity contribution in [3.63, 3.8) is 0 Å². The third kappa shape index (κ3) is 4.34. The van der Waals surface area contributed by atoms with Crippen molar-refractivity contribution in [3.05, 3.63) is 47.3 Å². The molecule has 3 rings (SSSR count). The molecule has 1 amide bonds. The first kappa shape index (κ1) is 21.0. The van der Waals surface area contributed by atoms with E-state index in [4.69, 9.17) is 4.52 Å². The quantitative estimate of drug-likeness (QED) is 0.790. The third-order valence-electron chi connectivity index (χ3n) is 5.05. The summed E-state index contributed by atoms with van der Waals surface area (Å²) in [5.74, 6) is -0.304. The van der Waals surface area contributed by atoms with Gasteiger partial charge in [-0.05, 0) is 30.7 Å². The molecule has 0 unspecified atom stereocenters. The minimum atomic E-state index is -4.48. The molecule has 156 valence electrons. The van der Waals surface area contributed by atoms with Crippen LogP contribution in [0.25, 0.3) is 0 Å². The first-order valence-electron chi connectivity index (χ1n) is 9.12. The number of alkyl halides is 3. The molecule has 9 heteroatoms. The van der Waals surface area contributed by atoms with Gasteiger partial charge in [-0.1, -0.05) is 19.0 Å². The molecule has 1 aliphatic heterocycles. The molecule has 2 aromatic rings. The normalized spacial score (nSPS) is 17.8. The number of hydrogen-bond donors (Lipinski definition) is 1. The Bertz CT molecular complexity index is 903. The number of hydrogen-bond acceptors (Lipinski definition) is 5. The van der Waals surface area contributed by atoms with E-state index >= 15 is 0 Å². The van der Waals surface area contributed by atoms with E-state index in [0.717, 1.165) is 12.1 Å². The molecule has 6 nitrogen and oxygen atoms in total. The fourth-order valence-electron chi connectivity index (χ4n) is 3.21. The number of aromatic nitrogens is 1. The van der Waals surface area contributed by atoms with Crippen LogP contribution in [-0.4, -0.2) is 34.6 Å². The van der Waals surface area contributed by atoms with Gasteiger partial charge in [0.05, 0.1) is 30.3 Å². The van der Waals surface area contributed by atoms with Gasteiger partial charge < -0.3 is 14.5 Å². The minimum Gasteiger partial charge on any atom is -0.395 e. The Morgan fingerprint density at radius 3 is 2.52 bits per heavy atom. The van der Waals surface area contributed by atoms with Crippen molar-refractivity contribution >= 4 is 17.4 Å². The summed E-state index contributed by atoms with van der Waals surface area (Å²) in [5.41, 5.74) is -0.694. The summed E-state index contributed by atoms with van der Waals surface area (Å²) in [4.78, 5) is 26.3. The van der Waals surface area contributed by atoms with E-state index in [0.29, 0.717) is 11.5 Å². The van der Waals surface area contributed by atoms with E-state index in [-0.39, 0.29) is 43.2 Å². The van der Waals surface area contributed by atoms with Crippen LogP contribution in [0.2, 0.25) is 0 Å². The van der Waals surface area contributed by atoms with Gasteiger partial charge in [-0.3, -0.25) is 9.59 Å². The predicted octanol–water partition coefficient (Wildman–Crippen LogP) is 3.27. The number of carbonyl (C=O) groups is 2. The number of ketones is 1. The first-order chi connectivity index (χ1) is 13.5. The van der Waals surface area contributed by atoms with E-state index in [1.54, 1.807) is 19.9 Å². The first-order valence-corrected chi connectivity index (χ1v) is 9.12. The van der Waals surface area contributed by atoms with Gasteiger partial charge in [0.15, 0.2) is 5.78 Å². The Morgan fingerprint density at radius 1 is 1.28 bits per heavy atom. The van der Waals surface area contributed by atoms with Crippen molar-refractivity contribution in [1.82, 2.24) is 5.16 Å². The molecule has 0 saturated carbocycles. The van der Waals surface area contributed by atoms with Crippen LogP contribution in [0.4, 0.5) is 18.9 Å². The molecule has 2 heterocycles. The topological polar surface area (TPSA) is 83.6 Å². The molecular weight excluding hydrogens is 389 g/mol. The van der Waals surface area contributed by atoms with Crippen molar-refractivity contribution in [2.45, 2.75) is 50.7 Å². The maximum absolute atomic E-state index is 12.8. The number of anilines is 1. The number of halogens is 3. The van der Waals surface area contributed by atoms with Gasteiger partial charge in [-0.2, -0.15) is 13.2 Å². The van der Waals surface area contributed by atoms with Crippen LogP contribution >= 0.6 is 0 Å². The number of nitrogens with zero attached hydrogens (tertiary/aromatic N) is 2. The Morgan fingerprint density at radius 2 is 1.93 bits per heavy atom. The van der Waals surface area contributed by atoms with E-state index in [2.05, 4.69) is 5.16 Å². The van der Waals surface area contributed by atoms with Crippen LogP contribution < -0.4 is 4.90 Å². The second kappa shape index (κ2) is 7.62. The fourth-order valence-corrected chi connectivity index (χ4v) is 3.21. The van der Waals surface area contributed by atoms with Crippen molar-refractivity contribution in [2.75, 3.05) is 11.5 Å². The number of Topliss-reactive ketones (excluding diaryl/α,β-unsaturated/α-hetero) is 1. The highest BCUT2D eigenvalue weighted by Crippen LogP contribution is 2.33. The predicted molar refractivity (Wildman–Crippen MR) is 97.3 cm³/mol. The smallest absolute Gasteiger partial charge is 0.395 e. The van der Waals surface area contributed by atoms with Crippen LogP contribution in [0.15, 0.2) is 34.9 Å².